The first-order valence-electron chi connectivity index (χ1n) is 6.03. The van der Waals surface area contributed by atoms with E-state index in [0.717, 1.165) is 25.7 Å². The van der Waals surface area contributed by atoms with Gasteiger partial charge in [-0.05, 0) is 40.9 Å². The number of nitrogens with one attached hydrogen (secondary N) is 1. The van der Waals surface area contributed by atoms with Crippen molar-refractivity contribution in [2.45, 2.75) is 36.6 Å². The molecule has 0 saturated heterocycles. The van der Waals surface area contributed by atoms with Gasteiger partial charge in [-0.3, -0.25) is 4.79 Å². The summed E-state index contributed by atoms with van der Waals surface area (Å²) < 4.78 is 23.1. The minimum absolute atomic E-state index is 0.104. The minimum atomic E-state index is -3.92. The van der Waals surface area contributed by atoms with Crippen LogP contribution in [0.15, 0.2) is 21.5 Å². The normalized spacial score (nSPS) is 16.4. The van der Waals surface area contributed by atoms with E-state index in [1.807, 2.05) is 0 Å². The first-order valence-corrected chi connectivity index (χ1v) is 9.51. The summed E-state index contributed by atoms with van der Waals surface area (Å²) in [6, 6.07) is 2.59. The zero-order chi connectivity index (χ0) is 14.9. The molecule has 0 bridgehead atoms. The molecule has 1 fully saturated rings. The molecule has 1 saturated carbocycles. The second-order valence-corrected chi connectivity index (χ2v) is 8.46. The summed E-state index contributed by atoms with van der Waals surface area (Å²) in [5, 5.41) is 3.03. The Bertz CT molecular complexity index is 642. The summed E-state index contributed by atoms with van der Waals surface area (Å²) in [5.41, 5.74) is 0.104. The molecule has 0 aliphatic heterocycles. The second-order valence-electron chi connectivity index (χ2n) is 4.66. The zero-order valence-electron chi connectivity index (χ0n) is 10.3. The van der Waals surface area contributed by atoms with E-state index in [4.69, 9.17) is 22.3 Å². The lowest BCUT2D eigenvalue weighted by Gasteiger charge is -2.14. The molecule has 1 aliphatic carbocycles. The highest BCUT2D eigenvalue weighted by Crippen LogP contribution is 2.31. The van der Waals surface area contributed by atoms with Crippen LogP contribution in [-0.2, 0) is 9.05 Å². The SMILES string of the molecule is O=C(NC1CCCC1)c1cc(S(=O)(=O)Cl)cc(Br)c1Cl. The molecule has 20 heavy (non-hydrogen) atoms. The van der Waals surface area contributed by atoms with Crippen LogP contribution in [0.4, 0.5) is 0 Å². The Hall–Kier alpha value is -0.300. The van der Waals surface area contributed by atoms with E-state index in [1.165, 1.54) is 12.1 Å². The number of hydrogen-bond donors (Lipinski definition) is 1. The number of benzene rings is 1. The molecule has 0 aromatic heterocycles. The van der Waals surface area contributed by atoms with Gasteiger partial charge >= 0.3 is 0 Å². The number of halogens is 3. The topological polar surface area (TPSA) is 63.2 Å². The first kappa shape index (κ1) is 16.1. The lowest BCUT2D eigenvalue weighted by molar-refractivity contribution is 0.0937. The van der Waals surface area contributed by atoms with Crippen molar-refractivity contribution in [3.63, 3.8) is 0 Å². The van der Waals surface area contributed by atoms with E-state index in [-0.39, 0.29) is 27.4 Å². The fourth-order valence-electron chi connectivity index (χ4n) is 2.20. The van der Waals surface area contributed by atoms with E-state index in [2.05, 4.69) is 21.2 Å². The van der Waals surface area contributed by atoms with Crippen molar-refractivity contribution in [3.8, 4) is 0 Å². The summed E-state index contributed by atoms with van der Waals surface area (Å²) in [4.78, 5) is 12.0. The van der Waals surface area contributed by atoms with Crippen LogP contribution in [0.1, 0.15) is 36.0 Å². The molecular formula is C12H12BrCl2NO3S. The molecule has 1 amide bonds. The fourth-order valence-corrected chi connectivity index (χ4v) is 3.79. The van der Waals surface area contributed by atoms with Gasteiger partial charge in [0.15, 0.2) is 0 Å². The van der Waals surface area contributed by atoms with Gasteiger partial charge in [0.25, 0.3) is 15.0 Å². The van der Waals surface area contributed by atoms with Crippen LogP contribution < -0.4 is 5.32 Å². The largest absolute Gasteiger partial charge is 0.349 e. The van der Waals surface area contributed by atoms with Gasteiger partial charge in [0, 0.05) is 21.2 Å². The van der Waals surface area contributed by atoms with Crippen LogP contribution in [0, 0.1) is 0 Å². The molecule has 0 atom stereocenters. The van der Waals surface area contributed by atoms with Gasteiger partial charge in [0.2, 0.25) is 0 Å². The van der Waals surface area contributed by atoms with E-state index >= 15 is 0 Å². The summed E-state index contributed by atoms with van der Waals surface area (Å²) >= 11 is 9.19. The van der Waals surface area contributed by atoms with Crippen molar-refractivity contribution in [2.75, 3.05) is 0 Å². The summed E-state index contributed by atoms with van der Waals surface area (Å²) in [5.74, 6) is -0.384. The number of carbonyl (C=O) groups excluding carboxylic acids is 1. The van der Waals surface area contributed by atoms with Crippen molar-refractivity contribution >= 4 is 53.2 Å². The molecule has 1 aromatic rings. The van der Waals surface area contributed by atoms with Crippen molar-refractivity contribution in [1.82, 2.24) is 5.32 Å². The Morgan fingerprint density at radius 2 is 1.90 bits per heavy atom. The summed E-state index contributed by atoms with van der Waals surface area (Å²) in [6.07, 6.45) is 4.02. The predicted octanol–water partition coefficient (Wildman–Crippen LogP) is 3.70. The fraction of sp³-hybridized carbons (Fsp3) is 0.417. The van der Waals surface area contributed by atoms with E-state index in [9.17, 15) is 13.2 Å². The summed E-state index contributed by atoms with van der Waals surface area (Å²) in [7, 11) is 1.38. The smallest absolute Gasteiger partial charge is 0.261 e. The van der Waals surface area contributed by atoms with E-state index in [1.54, 1.807) is 0 Å². The van der Waals surface area contributed by atoms with Gasteiger partial charge in [0.1, 0.15) is 0 Å². The Morgan fingerprint density at radius 3 is 2.45 bits per heavy atom. The van der Waals surface area contributed by atoms with Gasteiger partial charge in [-0.15, -0.1) is 0 Å². The van der Waals surface area contributed by atoms with Crippen LogP contribution in [0.5, 0.6) is 0 Å². The zero-order valence-corrected chi connectivity index (χ0v) is 14.2. The standard InChI is InChI=1S/C12H12BrCl2NO3S/c13-10-6-8(20(15,18)19)5-9(11(10)14)12(17)16-7-3-1-2-4-7/h5-7H,1-4H2,(H,16,17). The highest BCUT2D eigenvalue weighted by atomic mass is 79.9. The molecular weight excluding hydrogens is 389 g/mol. The Labute approximate surface area is 135 Å². The third-order valence-corrected chi connectivity index (χ3v) is 5.81. The minimum Gasteiger partial charge on any atom is -0.349 e. The van der Waals surface area contributed by atoms with Gasteiger partial charge < -0.3 is 5.32 Å². The second kappa shape index (κ2) is 6.22. The number of carbonyl (C=O) groups is 1. The Kier molecular flexibility index (Phi) is 5.00. The van der Waals surface area contributed by atoms with Crippen LogP contribution in [0.2, 0.25) is 5.02 Å². The first-order chi connectivity index (χ1) is 9.29. The van der Waals surface area contributed by atoms with Crippen molar-refractivity contribution < 1.29 is 13.2 Å². The van der Waals surface area contributed by atoms with Crippen LogP contribution in [0.25, 0.3) is 0 Å². The average molecular weight is 401 g/mol. The molecule has 1 N–H and O–H groups in total. The van der Waals surface area contributed by atoms with Crippen molar-refractivity contribution in [1.29, 1.82) is 0 Å². The lowest BCUT2D eigenvalue weighted by atomic mass is 10.2. The van der Waals surface area contributed by atoms with Gasteiger partial charge in [-0.25, -0.2) is 8.42 Å². The monoisotopic (exact) mass is 399 g/mol. The molecule has 110 valence electrons. The van der Waals surface area contributed by atoms with Crippen LogP contribution in [0.3, 0.4) is 0 Å². The number of rotatable bonds is 3. The third kappa shape index (κ3) is 3.67. The molecule has 0 radical (unpaired) electrons. The van der Waals surface area contributed by atoms with Gasteiger partial charge in [-0.2, -0.15) is 0 Å². The van der Waals surface area contributed by atoms with Gasteiger partial charge in [-0.1, -0.05) is 24.4 Å². The van der Waals surface area contributed by atoms with Crippen LogP contribution in [-0.4, -0.2) is 20.4 Å². The molecule has 8 heteroatoms. The molecule has 1 aliphatic rings. The number of hydrogen-bond acceptors (Lipinski definition) is 3. The maximum absolute atomic E-state index is 12.2. The van der Waals surface area contributed by atoms with Gasteiger partial charge in [0.05, 0.1) is 15.5 Å². The Balaban J connectivity index is 2.34. The van der Waals surface area contributed by atoms with Crippen molar-refractivity contribution in [2.24, 2.45) is 0 Å². The lowest BCUT2D eigenvalue weighted by Crippen LogP contribution is -2.32. The highest BCUT2D eigenvalue weighted by molar-refractivity contribution is 9.10. The quantitative estimate of drug-likeness (QED) is 0.786. The van der Waals surface area contributed by atoms with E-state index < -0.39 is 9.05 Å². The molecule has 1 aromatic carbocycles. The maximum Gasteiger partial charge on any atom is 0.261 e. The third-order valence-electron chi connectivity index (χ3n) is 3.22. The number of amides is 1. The van der Waals surface area contributed by atoms with E-state index in [0.29, 0.717) is 4.47 Å². The maximum atomic E-state index is 12.2. The van der Waals surface area contributed by atoms with Crippen LogP contribution >= 0.6 is 38.2 Å². The Morgan fingerprint density at radius 1 is 1.30 bits per heavy atom. The average Bonchev–Trinajstić information content (AvgIpc) is 2.83. The predicted molar refractivity (Wildman–Crippen MR) is 81.9 cm³/mol. The summed E-state index contributed by atoms with van der Waals surface area (Å²) in [6.45, 7) is 0. The molecule has 0 unspecified atom stereocenters. The highest BCUT2D eigenvalue weighted by Gasteiger charge is 2.23. The molecule has 4 nitrogen and oxygen atoms in total. The molecule has 0 heterocycles. The molecule has 0 spiro atoms. The van der Waals surface area contributed by atoms with Crippen molar-refractivity contribution in [3.05, 3.63) is 27.2 Å². The molecule has 2 rings (SSSR count).